The molecule has 3 nitrogen and oxygen atoms in total. The molecule has 136 valence electrons. The molecule has 3 aromatic rings. The Bertz CT molecular complexity index is 995. The van der Waals surface area contributed by atoms with Crippen molar-refractivity contribution in [3.63, 3.8) is 0 Å². The number of unbranched alkanes of at least 4 members (excludes halogenated alkanes) is 2. The van der Waals surface area contributed by atoms with Gasteiger partial charge in [-0.25, -0.2) is 9.79 Å². The lowest BCUT2D eigenvalue weighted by Gasteiger charge is -2.01. The van der Waals surface area contributed by atoms with Crippen LogP contribution >= 0.6 is 0 Å². The average Bonchev–Trinajstić information content (AvgIpc) is 3.03. The molecule has 0 saturated carbocycles. The fourth-order valence-corrected chi connectivity index (χ4v) is 2.77. The van der Waals surface area contributed by atoms with Crippen LogP contribution in [0.2, 0.25) is 0 Å². The molecule has 0 saturated heterocycles. The van der Waals surface area contributed by atoms with Crippen LogP contribution in [0.25, 0.3) is 21.8 Å². The number of rotatable bonds is 4. The summed E-state index contributed by atoms with van der Waals surface area (Å²) in [7, 11) is 0. The zero-order valence-corrected chi connectivity index (χ0v) is 16.0. The summed E-state index contributed by atoms with van der Waals surface area (Å²) in [5.74, 6) is 12.2. The van der Waals surface area contributed by atoms with Crippen LogP contribution in [0.1, 0.15) is 33.1 Å². The zero-order chi connectivity index (χ0) is 19.3. The second kappa shape index (κ2) is 11.4. The van der Waals surface area contributed by atoms with Crippen LogP contribution in [0, 0.1) is 23.7 Å². The third-order valence-corrected chi connectivity index (χ3v) is 4.03. The monoisotopic (exact) mass is 356 g/mol. The normalized spacial score (nSPS) is 9.26. The van der Waals surface area contributed by atoms with Crippen molar-refractivity contribution in [2.45, 2.75) is 39.7 Å². The zero-order valence-electron chi connectivity index (χ0n) is 16.0. The molecule has 0 aliphatic heterocycles. The highest BCUT2D eigenvalue weighted by Gasteiger charge is 2.07. The molecule has 27 heavy (non-hydrogen) atoms. The number of benzene rings is 2. The van der Waals surface area contributed by atoms with Crippen molar-refractivity contribution in [2.75, 3.05) is 6.54 Å². The van der Waals surface area contributed by atoms with Gasteiger partial charge in [-0.1, -0.05) is 61.6 Å². The molecule has 0 radical (unpaired) electrons. The van der Waals surface area contributed by atoms with Crippen LogP contribution in [0.15, 0.2) is 53.5 Å². The first-order valence-electron chi connectivity index (χ1n) is 9.28. The van der Waals surface area contributed by atoms with Gasteiger partial charge in [0.1, 0.15) is 0 Å². The Kier molecular flexibility index (Phi) is 8.45. The van der Waals surface area contributed by atoms with E-state index in [4.69, 9.17) is 4.79 Å². The number of fused-ring (bicyclic) bond motifs is 3. The lowest BCUT2D eigenvalue weighted by molar-refractivity contribution is 0.563. The van der Waals surface area contributed by atoms with Crippen molar-refractivity contribution in [1.82, 2.24) is 4.57 Å². The molecule has 0 N–H and O–H groups in total. The Hall–Kier alpha value is -3.26. The maximum absolute atomic E-state index is 9.11. The van der Waals surface area contributed by atoms with Crippen LogP contribution < -0.4 is 0 Å². The summed E-state index contributed by atoms with van der Waals surface area (Å²) in [6, 6.07) is 17.0. The number of hydrogen-bond donors (Lipinski definition) is 0. The molecule has 3 rings (SSSR count). The second-order valence-corrected chi connectivity index (χ2v) is 5.89. The van der Waals surface area contributed by atoms with Crippen molar-refractivity contribution in [3.05, 3.63) is 48.5 Å². The molecular weight excluding hydrogens is 332 g/mol. The maximum atomic E-state index is 9.11. The van der Waals surface area contributed by atoms with Gasteiger partial charge in [-0.2, -0.15) is 0 Å². The molecule has 0 aliphatic carbocycles. The van der Waals surface area contributed by atoms with Crippen LogP contribution in [0.4, 0.5) is 0 Å². The van der Waals surface area contributed by atoms with Gasteiger partial charge in [0.05, 0.1) is 6.54 Å². The van der Waals surface area contributed by atoms with Crippen molar-refractivity contribution in [3.8, 4) is 23.7 Å². The summed E-state index contributed by atoms with van der Waals surface area (Å²) in [6.07, 6.45) is 4.68. The predicted molar refractivity (Wildman–Crippen MR) is 113 cm³/mol. The third-order valence-electron chi connectivity index (χ3n) is 4.03. The summed E-state index contributed by atoms with van der Waals surface area (Å²) in [5.41, 5.74) is 2.47. The van der Waals surface area contributed by atoms with Crippen molar-refractivity contribution in [2.24, 2.45) is 4.99 Å². The molecule has 1 heterocycles. The molecule has 0 atom stereocenters. The topological polar surface area (TPSA) is 34.4 Å². The van der Waals surface area contributed by atoms with Gasteiger partial charge in [-0.15, -0.1) is 0 Å². The third kappa shape index (κ3) is 5.61. The largest absolute Gasteiger partial charge is 0.329 e. The lowest BCUT2D eigenvalue weighted by Crippen LogP contribution is -1.94. The number of carbonyl (C=O) groups excluding carboxylic acids is 1. The first-order chi connectivity index (χ1) is 13.3. The Labute approximate surface area is 161 Å². The van der Waals surface area contributed by atoms with Gasteiger partial charge in [-0.3, -0.25) is 0 Å². The number of isocyanates is 1. The number of nitrogens with zero attached hydrogens (tertiary/aromatic N) is 2. The van der Waals surface area contributed by atoms with Gasteiger partial charge in [0.25, 0.3) is 0 Å². The summed E-state index contributed by atoms with van der Waals surface area (Å²) < 4.78 is 2.27. The van der Waals surface area contributed by atoms with E-state index in [0.29, 0.717) is 13.1 Å². The second-order valence-electron chi connectivity index (χ2n) is 5.89. The van der Waals surface area contributed by atoms with E-state index in [9.17, 15) is 0 Å². The van der Waals surface area contributed by atoms with Gasteiger partial charge >= 0.3 is 0 Å². The molecule has 0 aliphatic rings. The van der Waals surface area contributed by atoms with E-state index in [-0.39, 0.29) is 0 Å². The Morgan fingerprint density at radius 2 is 1.48 bits per heavy atom. The Morgan fingerprint density at radius 1 is 0.889 bits per heavy atom. The summed E-state index contributed by atoms with van der Waals surface area (Å²) in [6.45, 7) is 5.18. The molecule has 0 bridgehead atoms. The van der Waals surface area contributed by atoms with Crippen molar-refractivity contribution >= 4 is 27.9 Å². The van der Waals surface area contributed by atoms with Crippen LogP contribution in [-0.2, 0) is 11.3 Å². The van der Waals surface area contributed by atoms with Crippen LogP contribution in [0.3, 0.4) is 0 Å². The fraction of sp³-hybridized carbons (Fsp3) is 0.292. The molecular formula is C24H24N2O. The molecule has 2 aromatic carbocycles. The molecule has 3 heteroatoms. The first-order valence-corrected chi connectivity index (χ1v) is 9.28. The molecule has 1 aromatic heterocycles. The summed E-state index contributed by atoms with van der Waals surface area (Å²) in [5, 5.41) is 2.57. The smallest absolute Gasteiger partial charge is 0.234 e. The minimum atomic E-state index is 0.545. The van der Waals surface area contributed by atoms with Gasteiger partial charge in [0, 0.05) is 34.8 Å². The maximum Gasteiger partial charge on any atom is 0.234 e. The van der Waals surface area contributed by atoms with E-state index in [2.05, 4.69) is 88.7 Å². The Balaban J connectivity index is 0.000000465. The summed E-state index contributed by atoms with van der Waals surface area (Å²) >= 11 is 0. The van der Waals surface area contributed by atoms with Crippen LogP contribution in [-0.4, -0.2) is 17.2 Å². The quantitative estimate of drug-likeness (QED) is 0.269. The predicted octanol–water partition coefficient (Wildman–Crippen LogP) is 5.33. The van der Waals surface area contributed by atoms with E-state index in [0.717, 1.165) is 12.8 Å². The number of aromatic nitrogens is 1. The lowest BCUT2D eigenvalue weighted by atomic mass is 10.2. The van der Waals surface area contributed by atoms with Crippen LogP contribution in [0.5, 0.6) is 0 Å². The highest BCUT2D eigenvalue weighted by atomic mass is 16.1. The van der Waals surface area contributed by atoms with E-state index in [1.165, 1.54) is 34.3 Å². The van der Waals surface area contributed by atoms with E-state index in [1.54, 1.807) is 6.92 Å². The summed E-state index contributed by atoms with van der Waals surface area (Å²) in [4.78, 5) is 12.3. The first kappa shape index (κ1) is 20.1. The van der Waals surface area contributed by atoms with E-state index < -0.39 is 0 Å². The number of para-hydroxylation sites is 2. The van der Waals surface area contributed by atoms with Crippen molar-refractivity contribution < 1.29 is 4.79 Å². The van der Waals surface area contributed by atoms with Gasteiger partial charge in [0.15, 0.2) is 0 Å². The number of hydrogen-bond acceptors (Lipinski definition) is 2. The Morgan fingerprint density at radius 3 is 2.00 bits per heavy atom. The van der Waals surface area contributed by atoms with E-state index in [1.807, 2.05) is 0 Å². The fourth-order valence-electron chi connectivity index (χ4n) is 2.77. The SMILES string of the molecule is CCCCC#CC#CCn1c2ccccc2c2ccccc21.CCN=C=O. The molecule has 0 spiro atoms. The van der Waals surface area contributed by atoms with Gasteiger partial charge < -0.3 is 4.57 Å². The highest BCUT2D eigenvalue weighted by molar-refractivity contribution is 6.08. The number of aliphatic imine (C=N–C) groups is 1. The molecule has 0 fully saturated rings. The minimum Gasteiger partial charge on any atom is -0.329 e. The van der Waals surface area contributed by atoms with Gasteiger partial charge in [-0.05, 0) is 37.3 Å². The van der Waals surface area contributed by atoms with Gasteiger partial charge in [0.2, 0.25) is 6.08 Å². The standard InChI is InChI=1S/C21H19N.C3H5NO/c1-2-3-4-5-6-7-12-17-22-20-15-10-8-13-18(20)19-14-9-11-16-21(19)22;1-2-4-3-5/h8-11,13-16H,2-4,17H2,1H3;2H2,1H3. The molecule has 0 amide bonds. The van der Waals surface area contributed by atoms with E-state index >= 15 is 0 Å². The highest BCUT2D eigenvalue weighted by Crippen LogP contribution is 2.28. The minimum absolute atomic E-state index is 0.545. The average molecular weight is 356 g/mol. The molecule has 0 unspecified atom stereocenters. The van der Waals surface area contributed by atoms with Crippen molar-refractivity contribution in [1.29, 1.82) is 0 Å².